The van der Waals surface area contributed by atoms with Crippen LogP contribution in [0.3, 0.4) is 0 Å². The molecule has 0 aliphatic heterocycles. The second kappa shape index (κ2) is 5.79. The molecule has 0 saturated heterocycles. The van der Waals surface area contributed by atoms with Crippen molar-refractivity contribution in [1.29, 1.82) is 0 Å². The van der Waals surface area contributed by atoms with E-state index in [4.69, 9.17) is 0 Å². The van der Waals surface area contributed by atoms with E-state index in [-0.39, 0.29) is 17.9 Å². The Morgan fingerprint density at radius 1 is 0.960 bits per heavy atom. The van der Waals surface area contributed by atoms with E-state index in [1.165, 1.54) is 32.1 Å². The van der Waals surface area contributed by atoms with Gasteiger partial charge in [-0.2, -0.15) is 0 Å². The molecule has 0 radical (unpaired) electrons. The van der Waals surface area contributed by atoms with Gasteiger partial charge in [0.2, 0.25) is 0 Å². The van der Waals surface area contributed by atoms with Crippen molar-refractivity contribution in [3.63, 3.8) is 0 Å². The summed E-state index contributed by atoms with van der Waals surface area (Å²) in [6.07, 6.45) is 9.83. The zero-order valence-electron chi connectivity index (χ0n) is 16.3. The van der Waals surface area contributed by atoms with E-state index in [1.807, 2.05) is 0 Å². The van der Waals surface area contributed by atoms with Crippen molar-refractivity contribution in [2.45, 2.75) is 84.2 Å². The van der Waals surface area contributed by atoms with Gasteiger partial charge in [-0.3, -0.25) is 4.79 Å². The zero-order valence-corrected chi connectivity index (χ0v) is 16.3. The third-order valence-electron chi connectivity index (χ3n) is 9.61. The van der Waals surface area contributed by atoms with Crippen molar-refractivity contribution in [2.24, 2.45) is 40.4 Å². The van der Waals surface area contributed by atoms with Crippen LogP contribution in [0.5, 0.6) is 0 Å². The maximum Gasteiger partial charge on any atom is 0.133 e. The molecule has 0 unspecified atom stereocenters. The van der Waals surface area contributed by atoms with Gasteiger partial charge in [-0.05, 0) is 99.2 Å². The maximum atomic E-state index is 12.2. The van der Waals surface area contributed by atoms with Crippen molar-refractivity contribution in [2.75, 3.05) is 6.61 Å². The molecule has 4 aliphatic rings. The first kappa shape index (κ1) is 18.0. The van der Waals surface area contributed by atoms with E-state index in [0.717, 1.165) is 43.4 Å². The molecule has 0 heterocycles. The molecule has 0 amide bonds. The molecule has 4 rings (SSSR count). The predicted molar refractivity (Wildman–Crippen MR) is 97.9 cm³/mol. The van der Waals surface area contributed by atoms with Crippen LogP contribution < -0.4 is 0 Å². The van der Waals surface area contributed by atoms with E-state index in [0.29, 0.717) is 17.1 Å². The third kappa shape index (κ3) is 2.48. The Morgan fingerprint density at radius 2 is 1.68 bits per heavy atom. The molecule has 4 saturated carbocycles. The van der Waals surface area contributed by atoms with Gasteiger partial charge >= 0.3 is 0 Å². The number of carbonyl (C=O) groups is 1. The summed E-state index contributed by atoms with van der Waals surface area (Å²) < 4.78 is 0. The molecule has 0 aromatic rings. The maximum absolute atomic E-state index is 12.2. The third-order valence-corrected chi connectivity index (χ3v) is 9.61. The van der Waals surface area contributed by atoms with Crippen molar-refractivity contribution in [3.8, 4) is 0 Å². The molecule has 4 aliphatic carbocycles. The molecule has 8 atom stereocenters. The number of aliphatic hydroxyl groups excluding tert-OH is 1. The van der Waals surface area contributed by atoms with E-state index in [2.05, 4.69) is 13.8 Å². The topological polar surface area (TPSA) is 57.5 Å². The minimum atomic E-state index is -0.840. The van der Waals surface area contributed by atoms with Crippen LogP contribution >= 0.6 is 0 Å². The molecule has 2 N–H and O–H groups in total. The second-order valence-corrected chi connectivity index (χ2v) is 10.5. The number of fused-ring (bicyclic) bond motifs is 5. The highest BCUT2D eigenvalue weighted by atomic mass is 16.3. The van der Waals surface area contributed by atoms with Gasteiger partial charge in [-0.15, -0.1) is 0 Å². The average molecular weight is 349 g/mol. The molecule has 0 spiro atoms. The van der Waals surface area contributed by atoms with Gasteiger partial charge in [0.25, 0.3) is 0 Å². The predicted octanol–water partition coefficient (Wildman–Crippen LogP) is 3.96. The molecular weight excluding hydrogens is 312 g/mol. The molecule has 25 heavy (non-hydrogen) atoms. The van der Waals surface area contributed by atoms with E-state index in [9.17, 15) is 15.0 Å². The van der Waals surface area contributed by atoms with Crippen molar-refractivity contribution in [3.05, 3.63) is 0 Å². The summed E-state index contributed by atoms with van der Waals surface area (Å²) in [6.45, 7) is 6.60. The zero-order chi connectivity index (χ0) is 18.0. The summed E-state index contributed by atoms with van der Waals surface area (Å²) in [5.41, 5.74) is -0.288. The molecule has 3 nitrogen and oxygen atoms in total. The summed E-state index contributed by atoms with van der Waals surface area (Å²) in [5.74, 6) is 3.48. The van der Waals surface area contributed by atoms with Gasteiger partial charge < -0.3 is 10.2 Å². The number of hydrogen-bond acceptors (Lipinski definition) is 3. The number of Topliss-reactive ketones (excluding diaryl/α,β-unsaturated/α-hetero) is 1. The van der Waals surface area contributed by atoms with Gasteiger partial charge in [0.1, 0.15) is 5.78 Å². The van der Waals surface area contributed by atoms with Gasteiger partial charge in [0.15, 0.2) is 0 Å². The Kier molecular flexibility index (Phi) is 4.16. The van der Waals surface area contributed by atoms with Crippen molar-refractivity contribution < 1.29 is 15.0 Å². The van der Waals surface area contributed by atoms with Gasteiger partial charge in [-0.25, -0.2) is 0 Å². The van der Waals surface area contributed by atoms with Gasteiger partial charge in [0, 0.05) is 5.92 Å². The van der Waals surface area contributed by atoms with E-state index < -0.39 is 5.60 Å². The lowest BCUT2D eigenvalue weighted by molar-refractivity contribution is -0.161. The second-order valence-electron chi connectivity index (χ2n) is 10.5. The van der Waals surface area contributed by atoms with Gasteiger partial charge in [-0.1, -0.05) is 13.8 Å². The number of hydrogen-bond donors (Lipinski definition) is 2. The van der Waals surface area contributed by atoms with Crippen LogP contribution in [0.4, 0.5) is 0 Å². The van der Waals surface area contributed by atoms with E-state index >= 15 is 0 Å². The quantitative estimate of drug-likeness (QED) is 0.794. The lowest BCUT2D eigenvalue weighted by atomic mass is 9.44. The normalized spacial score (nSPS) is 55.2. The fourth-order valence-corrected chi connectivity index (χ4v) is 8.13. The van der Waals surface area contributed by atoms with Crippen LogP contribution in [0, 0.1) is 40.4 Å². The highest BCUT2D eigenvalue weighted by molar-refractivity contribution is 5.79. The summed E-state index contributed by atoms with van der Waals surface area (Å²) in [6, 6.07) is 0. The fourth-order valence-electron chi connectivity index (χ4n) is 8.13. The molecule has 0 aromatic heterocycles. The van der Waals surface area contributed by atoms with Crippen LogP contribution in [-0.2, 0) is 4.79 Å². The fraction of sp³-hybridized carbons (Fsp3) is 0.955. The molecule has 3 heteroatoms. The van der Waals surface area contributed by atoms with E-state index in [1.54, 1.807) is 6.92 Å². The highest BCUT2D eigenvalue weighted by Crippen LogP contribution is 2.68. The molecule has 4 fully saturated rings. The number of carbonyl (C=O) groups excluding carboxylic acids is 1. The summed E-state index contributed by atoms with van der Waals surface area (Å²) >= 11 is 0. The number of rotatable bonds is 2. The first-order chi connectivity index (χ1) is 11.7. The van der Waals surface area contributed by atoms with Crippen LogP contribution in [0.25, 0.3) is 0 Å². The van der Waals surface area contributed by atoms with Crippen LogP contribution in [-0.4, -0.2) is 28.2 Å². The largest absolute Gasteiger partial charge is 0.393 e. The molecular formula is C22H36O3. The van der Waals surface area contributed by atoms with Crippen molar-refractivity contribution >= 4 is 5.78 Å². The Labute approximate surface area is 152 Å². The van der Waals surface area contributed by atoms with Crippen LogP contribution in [0.1, 0.15) is 78.6 Å². The summed E-state index contributed by atoms with van der Waals surface area (Å²) in [5, 5.41) is 20.2. The van der Waals surface area contributed by atoms with Crippen LogP contribution in [0.15, 0.2) is 0 Å². The average Bonchev–Trinajstić information content (AvgIpc) is 2.93. The molecule has 142 valence electrons. The SMILES string of the molecule is CC(=O)[C@H]1CC[C@H]2[C@@H]3CC[C@H]4C[C@@](O)(CO)CC[C@]4(C)[C@H]3CC[C@]12C. The lowest BCUT2D eigenvalue weighted by Gasteiger charge is -2.62. The lowest BCUT2D eigenvalue weighted by Crippen LogP contribution is -2.56. The first-order valence-corrected chi connectivity index (χ1v) is 10.6. The molecule has 0 aromatic carbocycles. The van der Waals surface area contributed by atoms with Crippen molar-refractivity contribution in [1.82, 2.24) is 0 Å². The smallest absolute Gasteiger partial charge is 0.133 e. The standard InChI is InChI=1S/C22H36O3/c1-14(24)17-6-7-18-16-5-4-15-12-22(25,13-23)11-10-20(15,2)19(16)8-9-21(17,18)3/h15-19,23,25H,4-13H2,1-3H3/t15-,16-,17+,18-,19-,20-,21+,22+/m0/s1. The Morgan fingerprint density at radius 3 is 2.36 bits per heavy atom. The minimum Gasteiger partial charge on any atom is -0.393 e. The summed E-state index contributed by atoms with van der Waals surface area (Å²) in [7, 11) is 0. The monoisotopic (exact) mass is 348 g/mol. The minimum absolute atomic E-state index is 0.0886. The summed E-state index contributed by atoms with van der Waals surface area (Å²) in [4.78, 5) is 12.2. The number of aliphatic hydroxyl groups is 2. The van der Waals surface area contributed by atoms with Gasteiger partial charge in [0.05, 0.1) is 12.2 Å². The molecule has 0 bridgehead atoms. The van der Waals surface area contributed by atoms with Crippen LogP contribution in [0.2, 0.25) is 0 Å². The Bertz CT molecular complexity index is 559. The Balaban J connectivity index is 1.59. The highest BCUT2D eigenvalue weighted by Gasteiger charge is 2.61. The first-order valence-electron chi connectivity index (χ1n) is 10.6. The Hall–Kier alpha value is -0.410. The number of ketones is 1.